The zero-order valence-corrected chi connectivity index (χ0v) is 14.4. The van der Waals surface area contributed by atoms with Crippen molar-refractivity contribution in [2.45, 2.75) is 6.10 Å². The zero-order chi connectivity index (χ0) is 16.4. The third kappa shape index (κ3) is 3.26. The number of aromatic nitrogens is 2. The lowest BCUT2D eigenvalue weighted by atomic mass is 10.2. The Labute approximate surface area is 145 Å². The lowest BCUT2D eigenvalue weighted by Gasteiger charge is -2.30. The molecule has 5 nitrogen and oxygen atoms in total. The fourth-order valence-electron chi connectivity index (χ4n) is 2.94. The second kappa shape index (κ2) is 6.84. The molecular formula is C18H20N4OS. The predicted molar refractivity (Wildman–Crippen MR) is 98.6 cm³/mol. The number of benzene rings is 1. The molecule has 1 N–H and O–H groups in total. The van der Waals surface area contributed by atoms with Gasteiger partial charge in [-0.2, -0.15) is 0 Å². The van der Waals surface area contributed by atoms with E-state index >= 15 is 0 Å². The Hall–Kier alpha value is -2.02. The topological polar surface area (TPSA) is 50.3 Å². The molecule has 2 aromatic heterocycles. The summed E-state index contributed by atoms with van der Waals surface area (Å²) in [6.07, 6.45) is 1.82. The van der Waals surface area contributed by atoms with E-state index in [1.807, 2.05) is 6.07 Å². The largest absolute Gasteiger partial charge is 0.374 e. The third-order valence-corrected chi connectivity index (χ3v) is 5.32. The van der Waals surface area contributed by atoms with Crippen molar-refractivity contribution in [2.24, 2.45) is 0 Å². The highest BCUT2D eigenvalue weighted by atomic mass is 32.1. The van der Waals surface area contributed by atoms with Gasteiger partial charge in [-0.25, -0.2) is 9.97 Å². The second-order valence-corrected chi connectivity index (χ2v) is 7.08. The van der Waals surface area contributed by atoms with Crippen molar-refractivity contribution >= 4 is 27.4 Å². The van der Waals surface area contributed by atoms with Crippen LogP contribution in [0, 0.1) is 0 Å². The van der Waals surface area contributed by atoms with Gasteiger partial charge in [-0.15, -0.1) is 11.3 Å². The first-order valence-corrected chi connectivity index (χ1v) is 8.95. The van der Waals surface area contributed by atoms with Gasteiger partial charge in [0.25, 0.3) is 0 Å². The molecule has 1 aliphatic rings. The highest BCUT2D eigenvalue weighted by molar-refractivity contribution is 7.21. The van der Waals surface area contributed by atoms with Gasteiger partial charge in [-0.1, -0.05) is 30.3 Å². The van der Waals surface area contributed by atoms with Crippen LogP contribution in [0.2, 0.25) is 0 Å². The number of fused-ring (bicyclic) bond motifs is 1. The molecule has 1 saturated heterocycles. The number of anilines is 1. The van der Waals surface area contributed by atoms with Gasteiger partial charge in [-0.05, 0) is 18.7 Å². The quantitative estimate of drug-likeness (QED) is 0.791. The number of nitrogens with one attached hydrogen (secondary N) is 1. The molecule has 0 aliphatic carbocycles. The van der Waals surface area contributed by atoms with Crippen LogP contribution in [0.5, 0.6) is 0 Å². The molecule has 0 amide bonds. The van der Waals surface area contributed by atoms with Crippen molar-refractivity contribution in [1.29, 1.82) is 0 Å². The first-order valence-electron chi connectivity index (χ1n) is 8.13. The average Bonchev–Trinajstić information content (AvgIpc) is 3.06. The van der Waals surface area contributed by atoms with Crippen molar-refractivity contribution in [3.05, 3.63) is 42.7 Å². The van der Waals surface area contributed by atoms with Gasteiger partial charge in [0.05, 0.1) is 18.1 Å². The molecule has 0 saturated carbocycles. The van der Waals surface area contributed by atoms with Crippen LogP contribution in [-0.2, 0) is 4.74 Å². The number of hydrogen-bond donors (Lipinski definition) is 1. The van der Waals surface area contributed by atoms with Crippen LogP contribution in [0.25, 0.3) is 20.7 Å². The van der Waals surface area contributed by atoms with E-state index in [0.717, 1.165) is 42.3 Å². The zero-order valence-electron chi connectivity index (χ0n) is 13.6. The first kappa shape index (κ1) is 15.5. The summed E-state index contributed by atoms with van der Waals surface area (Å²) < 4.78 is 5.81. The average molecular weight is 340 g/mol. The standard InChI is InChI=1S/C18H20N4OS/c1-22-7-8-23-14(11-22)10-19-17-15-9-16(13-5-3-2-4-6-13)24-18(15)21-12-20-17/h2-6,9,12,14H,7-8,10-11H2,1H3,(H,19,20,21)/t14-/m1/s1. The minimum Gasteiger partial charge on any atom is -0.374 e. The van der Waals surface area contributed by atoms with Crippen molar-refractivity contribution in [3.8, 4) is 10.4 Å². The van der Waals surface area contributed by atoms with E-state index in [0.29, 0.717) is 0 Å². The number of nitrogens with zero attached hydrogens (tertiary/aromatic N) is 3. The molecule has 0 bridgehead atoms. The molecule has 3 heterocycles. The van der Waals surface area contributed by atoms with Crippen LogP contribution in [-0.4, -0.2) is 54.3 Å². The summed E-state index contributed by atoms with van der Waals surface area (Å²) in [5, 5.41) is 4.52. The summed E-state index contributed by atoms with van der Waals surface area (Å²) >= 11 is 1.70. The van der Waals surface area contributed by atoms with Crippen LogP contribution in [0.4, 0.5) is 5.82 Å². The van der Waals surface area contributed by atoms with Gasteiger partial charge >= 0.3 is 0 Å². The fraction of sp³-hybridized carbons (Fsp3) is 0.333. The molecule has 1 aromatic carbocycles. The maximum Gasteiger partial charge on any atom is 0.138 e. The lowest BCUT2D eigenvalue weighted by Crippen LogP contribution is -2.43. The Morgan fingerprint density at radius 3 is 3.00 bits per heavy atom. The minimum absolute atomic E-state index is 0.195. The molecular weight excluding hydrogens is 320 g/mol. The number of likely N-dealkylation sites (N-methyl/N-ethyl adjacent to an activating group) is 1. The van der Waals surface area contributed by atoms with Crippen LogP contribution < -0.4 is 5.32 Å². The first-order chi connectivity index (χ1) is 11.8. The highest BCUT2D eigenvalue weighted by Crippen LogP contribution is 2.34. The normalized spacial score (nSPS) is 18.8. The van der Waals surface area contributed by atoms with Crippen molar-refractivity contribution in [2.75, 3.05) is 38.6 Å². The van der Waals surface area contributed by atoms with Crippen molar-refractivity contribution in [3.63, 3.8) is 0 Å². The smallest absolute Gasteiger partial charge is 0.138 e. The van der Waals surface area contributed by atoms with E-state index in [2.05, 4.69) is 57.6 Å². The van der Waals surface area contributed by atoms with E-state index in [1.165, 1.54) is 10.4 Å². The van der Waals surface area contributed by atoms with Gasteiger partial charge in [-0.3, -0.25) is 0 Å². The summed E-state index contributed by atoms with van der Waals surface area (Å²) in [5.41, 5.74) is 1.21. The van der Waals surface area contributed by atoms with E-state index in [-0.39, 0.29) is 6.10 Å². The molecule has 1 fully saturated rings. The molecule has 1 aliphatic heterocycles. The van der Waals surface area contributed by atoms with Crippen LogP contribution in [0.1, 0.15) is 0 Å². The summed E-state index contributed by atoms with van der Waals surface area (Å²) in [4.78, 5) is 13.4. The number of rotatable bonds is 4. The Kier molecular flexibility index (Phi) is 4.42. The molecule has 24 heavy (non-hydrogen) atoms. The number of thiophene rings is 1. The Morgan fingerprint density at radius 1 is 1.29 bits per heavy atom. The third-order valence-electron chi connectivity index (χ3n) is 4.23. The summed E-state index contributed by atoms with van der Waals surface area (Å²) in [6.45, 7) is 3.49. The highest BCUT2D eigenvalue weighted by Gasteiger charge is 2.18. The molecule has 4 rings (SSSR count). The number of ether oxygens (including phenoxy) is 1. The van der Waals surface area contributed by atoms with Gasteiger partial charge in [0.2, 0.25) is 0 Å². The maximum atomic E-state index is 5.81. The molecule has 1 atom stereocenters. The second-order valence-electron chi connectivity index (χ2n) is 6.05. The van der Waals surface area contributed by atoms with Crippen LogP contribution >= 0.6 is 11.3 Å². The van der Waals surface area contributed by atoms with E-state index in [1.54, 1.807) is 17.7 Å². The molecule has 0 radical (unpaired) electrons. The molecule has 0 unspecified atom stereocenters. The van der Waals surface area contributed by atoms with Gasteiger partial charge in [0.15, 0.2) is 0 Å². The number of morpholine rings is 1. The Bertz CT molecular complexity index is 820. The monoisotopic (exact) mass is 340 g/mol. The number of hydrogen-bond acceptors (Lipinski definition) is 6. The summed E-state index contributed by atoms with van der Waals surface area (Å²) in [5.74, 6) is 0.884. The Morgan fingerprint density at radius 2 is 2.17 bits per heavy atom. The van der Waals surface area contributed by atoms with Crippen molar-refractivity contribution < 1.29 is 4.74 Å². The SMILES string of the molecule is CN1CCO[C@H](CNc2ncnc3sc(-c4ccccc4)cc23)C1. The van der Waals surface area contributed by atoms with Crippen LogP contribution in [0.15, 0.2) is 42.7 Å². The van der Waals surface area contributed by atoms with E-state index in [9.17, 15) is 0 Å². The van der Waals surface area contributed by atoms with E-state index in [4.69, 9.17) is 4.74 Å². The molecule has 6 heteroatoms. The molecule has 124 valence electrons. The summed E-state index contributed by atoms with van der Waals surface area (Å²) in [7, 11) is 2.13. The summed E-state index contributed by atoms with van der Waals surface area (Å²) in [6, 6.07) is 12.6. The minimum atomic E-state index is 0.195. The van der Waals surface area contributed by atoms with Gasteiger partial charge in [0.1, 0.15) is 17.0 Å². The molecule has 0 spiro atoms. The maximum absolute atomic E-state index is 5.81. The fourth-order valence-corrected chi connectivity index (χ4v) is 3.95. The van der Waals surface area contributed by atoms with Gasteiger partial charge in [0, 0.05) is 24.5 Å². The van der Waals surface area contributed by atoms with E-state index < -0.39 is 0 Å². The van der Waals surface area contributed by atoms with Gasteiger partial charge < -0.3 is 15.0 Å². The predicted octanol–water partition coefficient (Wildman–Crippen LogP) is 3.10. The lowest BCUT2D eigenvalue weighted by molar-refractivity contribution is -0.0117. The van der Waals surface area contributed by atoms with Crippen LogP contribution in [0.3, 0.4) is 0 Å². The Balaban J connectivity index is 1.56. The molecule has 3 aromatic rings. The van der Waals surface area contributed by atoms with Crippen molar-refractivity contribution in [1.82, 2.24) is 14.9 Å².